The van der Waals surface area contributed by atoms with Crippen molar-refractivity contribution in [1.29, 1.82) is 5.26 Å². The van der Waals surface area contributed by atoms with Gasteiger partial charge in [-0.2, -0.15) is 5.26 Å². The molecule has 0 aliphatic rings. The van der Waals surface area contributed by atoms with Crippen molar-refractivity contribution >= 4 is 51.9 Å². The van der Waals surface area contributed by atoms with Crippen LogP contribution in [0.25, 0.3) is 6.08 Å². The molecule has 0 aliphatic carbocycles. The van der Waals surface area contributed by atoms with Crippen LogP contribution >= 0.6 is 34.2 Å². The van der Waals surface area contributed by atoms with Crippen LogP contribution in [0.1, 0.15) is 29.2 Å². The monoisotopic (exact) mass is 586 g/mol. The minimum atomic E-state index is -0.513. The Morgan fingerprint density at radius 2 is 1.91 bits per heavy atom. The summed E-state index contributed by atoms with van der Waals surface area (Å²) in [4.78, 5) is 12.8. The maximum absolute atomic E-state index is 12.8. The number of nitrogens with one attached hydrogen (secondary N) is 1. The van der Waals surface area contributed by atoms with Gasteiger partial charge in [-0.3, -0.25) is 4.79 Å². The number of hydrogen-bond donors (Lipinski definition) is 1. The Labute approximate surface area is 218 Å². The number of rotatable bonds is 8. The van der Waals surface area contributed by atoms with Gasteiger partial charge in [0.1, 0.15) is 18.2 Å². The van der Waals surface area contributed by atoms with Crippen LogP contribution in [0.2, 0.25) is 5.02 Å². The molecule has 174 valence electrons. The normalized spacial score (nSPS) is 11.0. The second-order valence-electron chi connectivity index (χ2n) is 7.58. The highest BCUT2D eigenvalue weighted by molar-refractivity contribution is 14.1. The molecule has 3 aromatic rings. The Balaban J connectivity index is 1.86. The summed E-state index contributed by atoms with van der Waals surface area (Å²) >= 11 is 8.31. The fourth-order valence-electron chi connectivity index (χ4n) is 3.28. The van der Waals surface area contributed by atoms with Crippen molar-refractivity contribution in [3.05, 3.63) is 91.0 Å². The Kier molecular flexibility index (Phi) is 8.97. The minimum Gasteiger partial charge on any atom is -0.490 e. The second kappa shape index (κ2) is 11.9. The number of nitrogens with zero attached hydrogens (tertiary/aromatic N) is 1. The largest absolute Gasteiger partial charge is 0.490 e. The van der Waals surface area contributed by atoms with Gasteiger partial charge in [-0.15, -0.1) is 0 Å². The number of nitriles is 1. The Morgan fingerprint density at radius 3 is 2.62 bits per heavy atom. The molecule has 0 bridgehead atoms. The van der Waals surface area contributed by atoms with E-state index >= 15 is 0 Å². The molecule has 5 nitrogen and oxygen atoms in total. The van der Waals surface area contributed by atoms with Gasteiger partial charge in [0.25, 0.3) is 5.91 Å². The topological polar surface area (TPSA) is 71.3 Å². The summed E-state index contributed by atoms with van der Waals surface area (Å²) in [5.74, 6) is 0.663. The van der Waals surface area contributed by atoms with E-state index in [4.69, 9.17) is 21.1 Å². The van der Waals surface area contributed by atoms with Crippen LogP contribution in [-0.2, 0) is 11.4 Å². The second-order valence-corrected chi connectivity index (χ2v) is 9.15. The highest BCUT2D eigenvalue weighted by Crippen LogP contribution is 2.35. The molecule has 3 aromatic carbocycles. The molecule has 0 aromatic heterocycles. The van der Waals surface area contributed by atoms with Crippen molar-refractivity contribution in [3.63, 3.8) is 0 Å². The first-order chi connectivity index (χ1) is 16.3. The average molecular weight is 587 g/mol. The molecule has 0 saturated carbocycles. The van der Waals surface area contributed by atoms with Gasteiger partial charge in [0.05, 0.1) is 10.2 Å². The molecule has 0 unspecified atom stereocenters. The van der Waals surface area contributed by atoms with Gasteiger partial charge in [-0.05, 0) is 90.4 Å². The van der Waals surface area contributed by atoms with Crippen LogP contribution < -0.4 is 14.8 Å². The number of aryl methyl sites for hydroxylation is 1. The maximum atomic E-state index is 12.8. The van der Waals surface area contributed by atoms with Crippen LogP contribution in [0.5, 0.6) is 11.5 Å². The molecule has 0 fully saturated rings. The summed E-state index contributed by atoms with van der Waals surface area (Å²) < 4.78 is 12.7. The van der Waals surface area contributed by atoms with E-state index in [-0.39, 0.29) is 5.57 Å². The van der Waals surface area contributed by atoms with Gasteiger partial charge in [-0.1, -0.05) is 47.5 Å². The third kappa shape index (κ3) is 6.52. The third-order valence-electron chi connectivity index (χ3n) is 4.99. The lowest BCUT2D eigenvalue weighted by atomic mass is 10.1. The average Bonchev–Trinajstić information content (AvgIpc) is 2.80. The first-order valence-electron chi connectivity index (χ1n) is 10.6. The quantitative estimate of drug-likeness (QED) is 0.174. The summed E-state index contributed by atoms with van der Waals surface area (Å²) in [6.45, 7) is 6.58. The number of carbonyl (C=O) groups excluding carboxylic acids is 1. The molecule has 0 heterocycles. The predicted octanol–water partition coefficient (Wildman–Crippen LogP) is 7.08. The number of carbonyl (C=O) groups is 1. The summed E-state index contributed by atoms with van der Waals surface area (Å²) in [5, 5.41) is 12.9. The first kappa shape index (κ1) is 25.6. The van der Waals surface area contributed by atoms with E-state index in [2.05, 4.69) is 34.0 Å². The molecule has 3 rings (SSSR count). The molecule has 0 saturated heterocycles. The SMILES string of the molecule is CCOc1cc(/C=C(\C#N)C(=O)Nc2cccc(Cl)c2C)cc(I)c1OCc1cccc(C)c1. The summed E-state index contributed by atoms with van der Waals surface area (Å²) in [6.07, 6.45) is 1.53. The lowest BCUT2D eigenvalue weighted by molar-refractivity contribution is -0.112. The Bertz CT molecular complexity index is 1280. The zero-order chi connectivity index (χ0) is 24.7. The Hall–Kier alpha value is -3.02. The summed E-state index contributed by atoms with van der Waals surface area (Å²) in [7, 11) is 0. The van der Waals surface area contributed by atoms with Gasteiger partial charge in [0.15, 0.2) is 11.5 Å². The highest BCUT2D eigenvalue weighted by atomic mass is 127. The molecule has 0 atom stereocenters. The van der Waals surface area contributed by atoms with Crippen LogP contribution in [0, 0.1) is 28.7 Å². The van der Waals surface area contributed by atoms with Crippen LogP contribution in [-0.4, -0.2) is 12.5 Å². The fraction of sp³-hybridized carbons (Fsp3) is 0.185. The van der Waals surface area contributed by atoms with Gasteiger partial charge < -0.3 is 14.8 Å². The predicted molar refractivity (Wildman–Crippen MR) is 144 cm³/mol. The van der Waals surface area contributed by atoms with Gasteiger partial charge >= 0.3 is 0 Å². The van der Waals surface area contributed by atoms with Crippen molar-refractivity contribution in [2.75, 3.05) is 11.9 Å². The lowest BCUT2D eigenvalue weighted by Crippen LogP contribution is -2.14. The van der Waals surface area contributed by atoms with Crippen molar-refractivity contribution in [2.45, 2.75) is 27.4 Å². The van der Waals surface area contributed by atoms with Crippen molar-refractivity contribution in [2.24, 2.45) is 0 Å². The first-order valence-corrected chi connectivity index (χ1v) is 12.1. The number of benzene rings is 3. The highest BCUT2D eigenvalue weighted by Gasteiger charge is 2.15. The van der Waals surface area contributed by atoms with E-state index in [1.807, 2.05) is 44.2 Å². The number of amides is 1. The van der Waals surface area contributed by atoms with Gasteiger partial charge in [0, 0.05) is 10.7 Å². The molecule has 34 heavy (non-hydrogen) atoms. The molecule has 7 heteroatoms. The van der Waals surface area contributed by atoms with E-state index in [1.165, 1.54) is 6.08 Å². The van der Waals surface area contributed by atoms with Crippen molar-refractivity contribution in [1.82, 2.24) is 0 Å². The van der Waals surface area contributed by atoms with Gasteiger partial charge in [-0.25, -0.2) is 0 Å². The van der Waals surface area contributed by atoms with E-state index in [1.54, 1.807) is 31.2 Å². The number of hydrogen-bond acceptors (Lipinski definition) is 4. The van der Waals surface area contributed by atoms with E-state index in [0.29, 0.717) is 41.0 Å². The van der Waals surface area contributed by atoms with Crippen LogP contribution in [0.15, 0.2) is 60.2 Å². The number of ether oxygens (including phenoxy) is 2. The molecule has 1 N–H and O–H groups in total. The molecule has 0 aliphatic heterocycles. The zero-order valence-corrected chi connectivity index (χ0v) is 22.0. The Morgan fingerprint density at radius 1 is 1.15 bits per heavy atom. The van der Waals surface area contributed by atoms with Crippen LogP contribution in [0.4, 0.5) is 5.69 Å². The maximum Gasteiger partial charge on any atom is 0.266 e. The molecular formula is C27H24ClIN2O3. The standard InChI is InChI=1S/C27H24ClIN2O3/c1-4-33-25-14-20(13-23(29)26(25)34-16-19-8-5-7-17(2)11-19)12-21(15-30)27(32)31-24-10-6-9-22(28)18(24)3/h5-14H,4,16H2,1-3H3,(H,31,32)/b21-12+. The van der Waals surface area contributed by atoms with Crippen molar-refractivity contribution < 1.29 is 14.3 Å². The molecule has 1 amide bonds. The molecule has 0 radical (unpaired) electrons. The van der Waals surface area contributed by atoms with E-state index in [0.717, 1.165) is 20.3 Å². The summed E-state index contributed by atoms with van der Waals surface area (Å²) in [6, 6.07) is 19.0. The number of halogens is 2. The fourth-order valence-corrected chi connectivity index (χ4v) is 4.24. The lowest BCUT2D eigenvalue weighted by Gasteiger charge is -2.15. The molecule has 0 spiro atoms. The smallest absolute Gasteiger partial charge is 0.266 e. The van der Waals surface area contributed by atoms with E-state index in [9.17, 15) is 10.1 Å². The minimum absolute atomic E-state index is 0.0361. The van der Waals surface area contributed by atoms with E-state index < -0.39 is 5.91 Å². The van der Waals surface area contributed by atoms with Crippen molar-refractivity contribution in [3.8, 4) is 17.6 Å². The van der Waals surface area contributed by atoms with Gasteiger partial charge in [0.2, 0.25) is 0 Å². The third-order valence-corrected chi connectivity index (χ3v) is 6.20. The van der Waals surface area contributed by atoms with Crippen LogP contribution in [0.3, 0.4) is 0 Å². The number of anilines is 1. The summed E-state index contributed by atoms with van der Waals surface area (Å²) in [5.41, 5.74) is 4.14. The molecular weight excluding hydrogens is 563 g/mol. The zero-order valence-electron chi connectivity index (χ0n) is 19.1.